The number of rotatable bonds is 9. The van der Waals surface area contributed by atoms with Crippen LogP contribution in [0.2, 0.25) is 0 Å². The van der Waals surface area contributed by atoms with E-state index in [9.17, 15) is 8.42 Å². The van der Waals surface area contributed by atoms with E-state index in [1.165, 1.54) is 0 Å². The van der Waals surface area contributed by atoms with Gasteiger partial charge in [-0.1, -0.05) is 67.6 Å². The van der Waals surface area contributed by atoms with Gasteiger partial charge in [0.25, 0.3) is 0 Å². The van der Waals surface area contributed by atoms with Gasteiger partial charge in [-0.2, -0.15) is 12.6 Å². The van der Waals surface area contributed by atoms with Crippen LogP contribution >= 0.6 is 0 Å². The molecule has 6 nitrogen and oxygen atoms in total. The Bertz CT molecular complexity index is 672. The SMILES string of the molecule is CCC(OCc1ccccc1)(OCc1ccccc1)OS(=O)(=O)O. The minimum atomic E-state index is -4.75. The zero-order chi connectivity index (χ0) is 17.5. The van der Waals surface area contributed by atoms with Crippen molar-refractivity contribution in [3.8, 4) is 0 Å². The average molecular weight is 352 g/mol. The van der Waals surface area contributed by atoms with Crippen LogP contribution in [0.3, 0.4) is 0 Å². The minimum Gasteiger partial charge on any atom is -0.322 e. The molecule has 2 aromatic carbocycles. The summed E-state index contributed by atoms with van der Waals surface area (Å²) in [6.07, 6.45) is 0.0620. The summed E-state index contributed by atoms with van der Waals surface area (Å²) < 4.78 is 47.3. The third-order valence-electron chi connectivity index (χ3n) is 3.27. The Morgan fingerprint density at radius 2 is 1.29 bits per heavy atom. The van der Waals surface area contributed by atoms with E-state index in [1.54, 1.807) is 6.92 Å². The lowest BCUT2D eigenvalue weighted by Gasteiger charge is -2.30. The van der Waals surface area contributed by atoms with Gasteiger partial charge < -0.3 is 9.47 Å². The Hall–Kier alpha value is -1.77. The maximum atomic E-state index is 11.2. The molecule has 0 atom stereocenters. The summed E-state index contributed by atoms with van der Waals surface area (Å²) in [6.45, 7) is 1.78. The molecule has 130 valence electrons. The Morgan fingerprint density at radius 3 is 1.62 bits per heavy atom. The lowest BCUT2D eigenvalue weighted by atomic mass is 10.2. The van der Waals surface area contributed by atoms with Gasteiger partial charge >= 0.3 is 16.4 Å². The van der Waals surface area contributed by atoms with Crippen LogP contribution < -0.4 is 0 Å². The van der Waals surface area contributed by atoms with Crippen molar-refractivity contribution in [2.45, 2.75) is 32.5 Å². The molecular weight excluding hydrogens is 332 g/mol. The van der Waals surface area contributed by atoms with E-state index in [0.717, 1.165) is 11.1 Å². The standard InChI is InChI=1S/C17H20O6S/c1-2-17(23-24(18,19)20,21-13-15-9-5-3-6-10-15)22-14-16-11-7-4-8-12-16/h3-12H,2,13-14H2,1H3,(H,18,19,20). The van der Waals surface area contributed by atoms with Crippen molar-refractivity contribution in [1.29, 1.82) is 0 Å². The van der Waals surface area contributed by atoms with E-state index in [4.69, 9.17) is 18.2 Å². The third kappa shape index (κ3) is 6.03. The highest BCUT2D eigenvalue weighted by molar-refractivity contribution is 7.80. The van der Waals surface area contributed by atoms with Gasteiger partial charge in [-0.15, -0.1) is 0 Å². The molecule has 0 bridgehead atoms. The highest BCUT2D eigenvalue weighted by Gasteiger charge is 2.37. The molecule has 7 heteroatoms. The molecule has 24 heavy (non-hydrogen) atoms. The molecule has 0 heterocycles. The zero-order valence-electron chi connectivity index (χ0n) is 13.3. The number of hydrogen-bond donors (Lipinski definition) is 1. The quantitative estimate of drug-likeness (QED) is 0.551. The number of ether oxygens (including phenoxy) is 2. The molecule has 0 aromatic heterocycles. The Morgan fingerprint density at radius 1 is 0.875 bits per heavy atom. The highest BCUT2D eigenvalue weighted by atomic mass is 32.3. The molecular formula is C17H20O6S. The Labute approximate surface area is 141 Å². The first-order valence-corrected chi connectivity index (χ1v) is 8.83. The summed E-state index contributed by atoms with van der Waals surface area (Å²) in [5.74, 6) is -1.90. The molecule has 0 unspecified atom stereocenters. The summed E-state index contributed by atoms with van der Waals surface area (Å²) in [6, 6.07) is 18.4. The van der Waals surface area contributed by atoms with E-state index < -0.39 is 16.4 Å². The van der Waals surface area contributed by atoms with Gasteiger partial charge in [-0.3, -0.25) is 4.55 Å². The highest BCUT2D eigenvalue weighted by Crippen LogP contribution is 2.25. The van der Waals surface area contributed by atoms with Crippen molar-refractivity contribution < 1.29 is 26.6 Å². The topological polar surface area (TPSA) is 82.1 Å². The van der Waals surface area contributed by atoms with Gasteiger partial charge in [-0.25, -0.2) is 0 Å². The molecule has 2 rings (SSSR count). The first kappa shape index (κ1) is 18.6. The largest absolute Gasteiger partial charge is 0.401 e. The normalized spacial score (nSPS) is 12.2. The van der Waals surface area contributed by atoms with Crippen molar-refractivity contribution in [3.63, 3.8) is 0 Å². The van der Waals surface area contributed by atoms with Gasteiger partial charge in [0, 0.05) is 6.42 Å². The van der Waals surface area contributed by atoms with Crippen LogP contribution in [-0.4, -0.2) is 18.9 Å². The second-order valence-electron chi connectivity index (χ2n) is 5.10. The molecule has 1 N–H and O–H groups in total. The van der Waals surface area contributed by atoms with Gasteiger partial charge in [0.1, 0.15) is 0 Å². The van der Waals surface area contributed by atoms with Crippen molar-refractivity contribution in [2.75, 3.05) is 0 Å². The first-order chi connectivity index (χ1) is 11.4. The second kappa shape index (κ2) is 8.36. The number of hydrogen-bond acceptors (Lipinski definition) is 5. The second-order valence-corrected chi connectivity index (χ2v) is 6.12. The molecule has 0 saturated heterocycles. The van der Waals surface area contributed by atoms with Crippen LogP contribution in [0.5, 0.6) is 0 Å². The monoisotopic (exact) mass is 352 g/mol. The molecule has 0 fully saturated rings. The van der Waals surface area contributed by atoms with E-state index in [2.05, 4.69) is 0 Å². The van der Waals surface area contributed by atoms with Crippen LogP contribution in [0.4, 0.5) is 0 Å². The van der Waals surface area contributed by atoms with Gasteiger partial charge in [0.05, 0.1) is 13.2 Å². The van der Waals surface area contributed by atoms with Crippen LogP contribution in [-0.2, 0) is 37.3 Å². The maximum Gasteiger partial charge on any atom is 0.401 e. The molecule has 0 amide bonds. The predicted molar refractivity (Wildman–Crippen MR) is 88.1 cm³/mol. The minimum absolute atomic E-state index is 0.0620. The average Bonchev–Trinajstić information content (AvgIpc) is 2.58. The summed E-state index contributed by atoms with van der Waals surface area (Å²) in [7, 11) is -4.75. The lowest BCUT2D eigenvalue weighted by Crippen LogP contribution is -2.40. The smallest absolute Gasteiger partial charge is 0.322 e. The van der Waals surface area contributed by atoms with Crippen molar-refractivity contribution in [2.24, 2.45) is 0 Å². The Balaban J connectivity index is 2.12. The predicted octanol–water partition coefficient (Wildman–Crippen LogP) is 3.30. The van der Waals surface area contributed by atoms with Crippen molar-refractivity contribution >= 4 is 10.4 Å². The van der Waals surface area contributed by atoms with Crippen LogP contribution in [0, 0.1) is 0 Å². The first-order valence-electron chi connectivity index (χ1n) is 7.46. The fourth-order valence-corrected chi connectivity index (χ4v) is 2.58. The lowest BCUT2D eigenvalue weighted by molar-refractivity contribution is -0.355. The molecule has 2 aromatic rings. The summed E-state index contributed by atoms with van der Waals surface area (Å²) in [4.78, 5) is 0. The summed E-state index contributed by atoms with van der Waals surface area (Å²) in [5.41, 5.74) is 1.63. The van der Waals surface area contributed by atoms with E-state index in [0.29, 0.717) is 0 Å². The van der Waals surface area contributed by atoms with Crippen LogP contribution in [0.15, 0.2) is 60.7 Å². The molecule has 0 radical (unpaired) electrons. The molecule has 0 spiro atoms. The fourth-order valence-electron chi connectivity index (χ4n) is 2.05. The maximum absolute atomic E-state index is 11.2. The molecule has 0 aliphatic carbocycles. The van der Waals surface area contributed by atoms with E-state index in [-0.39, 0.29) is 19.6 Å². The molecule has 0 aliphatic heterocycles. The van der Waals surface area contributed by atoms with Crippen molar-refractivity contribution in [3.05, 3.63) is 71.8 Å². The van der Waals surface area contributed by atoms with E-state index in [1.807, 2.05) is 60.7 Å². The molecule has 0 saturated carbocycles. The summed E-state index contributed by atoms with van der Waals surface area (Å²) in [5, 5.41) is 0. The summed E-state index contributed by atoms with van der Waals surface area (Å²) >= 11 is 0. The third-order valence-corrected chi connectivity index (χ3v) is 3.73. The van der Waals surface area contributed by atoms with E-state index >= 15 is 0 Å². The van der Waals surface area contributed by atoms with Gasteiger partial charge in [0.15, 0.2) is 0 Å². The number of benzene rings is 2. The van der Waals surface area contributed by atoms with Crippen LogP contribution in [0.25, 0.3) is 0 Å². The van der Waals surface area contributed by atoms with Gasteiger partial charge in [0.2, 0.25) is 0 Å². The molecule has 0 aliphatic rings. The van der Waals surface area contributed by atoms with Crippen LogP contribution in [0.1, 0.15) is 24.5 Å². The van der Waals surface area contributed by atoms with Crippen molar-refractivity contribution in [1.82, 2.24) is 0 Å². The zero-order valence-corrected chi connectivity index (χ0v) is 14.1. The fraction of sp³-hybridized carbons (Fsp3) is 0.294. The van der Waals surface area contributed by atoms with Gasteiger partial charge in [-0.05, 0) is 11.1 Å². The Kier molecular flexibility index (Phi) is 6.47.